The van der Waals surface area contributed by atoms with Crippen molar-refractivity contribution in [1.82, 2.24) is 0 Å². The molecule has 1 unspecified atom stereocenters. The number of hydrogen-bond acceptors (Lipinski definition) is 3. The monoisotopic (exact) mass is 194 g/mol. The number of alkyl halides is 1. The Bertz CT molecular complexity index is 111. The van der Waals surface area contributed by atoms with E-state index in [2.05, 4.69) is 0 Å². The minimum absolute atomic E-state index is 0.231. The zero-order chi connectivity index (χ0) is 10.3. The highest BCUT2D eigenvalue weighted by Crippen LogP contribution is 2.14. The Morgan fingerprint density at radius 2 is 2.00 bits per heavy atom. The van der Waals surface area contributed by atoms with Crippen molar-refractivity contribution < 1.29 is 19.3 Å². The lowest BCUT2D eigenvalue weighted by Gasteiger charge is -2.03. The van der Waals surface area contributed by atoms with Gasteiger partial charge < -0.3 is 14.9 Å². The molecule has 1 rings (SSSR count). The summed E-state index contributed by atoms with van der Waals surface area (Å²) in [5, 5.41) is 16.2. The molecule has 0 amide bonds. The minimum Gasteiger partial charge on any atom is -0.378 e. The topological polar surface area (TPSA) is 49.7 Å². The maximum absolute atomic E-state index is 11.6. The second-order valence-corrected chi connectivity index (χ2v) is 3.61. The normalized spacial score (nSPS) is 22.4. The molecule has 0 aromatic heterocycles. The molecule has 80 valence electrons. The third kappa shape index (κ3) is 11.8. The molecule has 0 spiro atoms. The molecule has 1 heterocycles. The van der Waals surface area contributed by atoms with E-state index in [1.807, 2.05) is 0 Å². The number of ether oxygens (including phenoxy) is 1. The maximum Gasteiger partial charge on any atom is 0.156 e. The first-order valence-corrected chi connectivity index (χ1v) is 4.56. The van der Waals surface area contributed by atoms with Crippen LogP contribution < -0.4 is 0 Å². The zero-order valence-electron chi connectivity index (χ0n) is 8.29. The molecule has 13 heavy (non-hydrogen) atoms. The number of rotatable bonds is 2. The quantitative estimate of drug-likeness (QED) is 0.650. The van der Waals surface area contributed by atoms with Crippen LogP contribution in [0.4, 0.5) is 4.39 Å². The van der Waals surface area contributed by atoms with Crippen molar-refractivity contribution >= 4 is 0 Å². The van der Waals surface area contributed by atoms with Gasteiger partial charge in [0.1, 0.15) is 0 Å². The fourth-order valence-electron chi connectivity index (χ4n) is 0.994. The summed E-state index contributed by atoms with van der Waals surface area (Å²) in [5.74, 6) is -1.50. The maximum atomic E-state index is 11.6. The average molecular weight is 194 g/mol. The number of aliphatic hydroxyl groups is 2. The van der Waals surface area contributed by atoms with Crippen LogP contribution in [-0.4, -0.2) is 35.4 Å². The van der Waals surface area contributed by atoms with E-state index in [-0.39, 0.29) is 12.8 Å². The second-order valence-electron chi connectivity index (χ2n) is 3.61. The molecule has 0 aliphatic carbocycles. The van der Waals surface area contributed by atoms with Gasteiger partial charge in [-0.15, -0.1) is 0 Å². The van der Waals surface area contributed by atoms with Crippen LogP contribution in [0.15, 0.2) is 0 Å². The average Bonchev–Trinajstić information content (AvgIpc) is 2.36. The summed E-state index contributed by atoms with van der Waals surface area (Å²) in [7, 11) is 0. The van der Waals surface area contributed by atoms with Crippen molar-refractivity contribution in [3.8, 4) is 0 Å². The van der Waals surface area contributed by atoms with E-state index >= 15 is 0 Å². The van der Waals surface area contributed by atoms with Crippen molar-refractivity contribution in [1.29, 1.82) is 0 Å². The van der Waals surface area contributed by atoms with Gasteiger partial charge in [-0.3, -0.25) is 4.39 Å². The third-order valence-corrected chi connectivity index (χ3v) is 1.46. The van der Waals surface area contributed by atoms with E-state index in [0.717, 1.165) is 19.4 Å². The lowest BCUT2D eigenvalue weighted by Crippen LogP contribution is -2.15. The molecule has 1 atom stereocenters. The predicted octanol–water partition coefficient (Wildman–Crippen LogP) is 1.23. The van der Waals surface area contributed by atoms with E-state index in [1.165, 1.54) is 13.8 Å². The van der Waals surface area contributed by atoms with Crippen LogP contribution in [0, 0.1) is 0 Å². The van der Waals surface area contributed by atoms with Gasteiger partial charge in [0.25, 0.3) is 0 Å². The molecule has 1 aliphatic heterocycles. The van der Waals surface area contributed by atoms with Crippen LogP contribution in [0.25, 0.3) is 0 Å². The van der Waals surface area contributed by atoms with Crippen LogP contribution in [0.1, 0.15) is 33.1 Å². The third-order valence-electron chi connectivity index (χ3n) is 1.46. The fourth-order valence-corrected chi connectivity index (χ4v) is 0.994. The molecule has 0 aromatic rings. The van der Waals surface area contributed by atoms with Crippen molar-refractivity contribution in [3.05, 3.63) is 0 Å². The predicted molar refractivity (Wildman–Crippen MR) is 48.1 cm³/mol. The van der Waals surface area contributed by atoms with Gasteiger partial charge in [0, 0.05) is 13.0 Å². The lowest BCUT2D eigenvalue weighted by molar-refractivity contribution is -0.127. The second kappa shape index (κ2) is 6.29. The molecule has 1 fully saturated rings. The van der Waals surface area contributed by atoms with E-state index in [1.54, 1.807) is 0 Å². The molecular weight excluding hydrogens is 175 g/mol. The van der Waals surface area contributed by atoms with Crippen molar-refractivity contribution in [2.45, 2.75) is 45.0 Å². The Balaban J connectivity index is 0.000000252. The van der Waals surface area contributed by atoms with Gasteiger partial charge in [0.15, 0.2) is 5.79 Å². The molecule has 4 heteroatoms. The van der Waals surface area contributed by atoms with Crippen LogP contribution in [-0.2, 0) is 4.74 Å². The SMILES string of the molecule is CC(C)(O)O.FCCC1CCCO1. The Morgan fingerprint density at radius 3 is 2.31 bits per heavy atom. The minimum atomic E-state index is -1.50. The van der Waals surface area contributed by atoms with Crippen LogP contribution in [0.2, 0.25) is 0 Å². The number of halogens is 1. The molecule has 1 saturated heterocycles. The van der Waals surface area contributed by atoms with Gasteiger partial charge >= 0.3 is 0 Å². The van der Waals surface area contributed by atoms with E-state index in [4.69, 9.17) is 14.9 Å². The largest absolute Gasteiger partial charge is 0.378 e. The summed E-state index contributed by atoms with van der Waals surface area (Å²) < 4.78 is 16.7. The van der Waals surface area contributed by atoms with Crippen molar-refractivity contribution in [2.24, 2.45) is 0 Å². The highest BCUT2D eigenvalue weighted by Gasteiger charge is 2.13. The van der Waals surface area contributed by atoms with Gasteiger partial charge in [-0.1, -0.05) is 0 Å². The first-order valence-electron chi connectivity index (χ1n) is 4.56. The summed E-state index contributed by atoms with van der Waals surface area (Å²) in [4.78, 5) is 0. The highest BCUT2D eigenvalue weighted by atomic mass is 19.1. The number of hydrogen-bond donors (Lipinski definition) is 2. The van der Waals surface area contributed by atoms with E-state index < -0.39 is 5.79 Å². The van der Waals surface area contributed by atoms with Gasteiger partial charge in [0.2, 0.25) is 0 Å². The summed E-state index contributed by atoms with van der Waals surface area (Å²) in [6, 6.07) is 0. The van der Waals surface area contributed by atoms with Crippen molar-refractivity contribution in [3.63, 3.8) is 0 Å². The summed E-state index contributed by atoms with van der Waals surface area (Å²) in [5.41, 5.74) is 0. The Morgan fingerprint density at radius 1 is 1.46 bits per heavy atom. The molecule has 0 saturated carbocycles. The molecule has 1 aliphatic rings. The van der Waals surface area contributed by atoms with E-state index in [0.29, 0.717) is 6.42 Å². The standard InChI is InChI=1S/C6H11FO.C3H8O2/c7-4-3-6-2-1-5-8-6;1-3(2,4)5/h6H,1-5H2;4-5H,1-2H3. The fraction of sp³-hybridized carbons (Fsp3) is 1.00. The smallest absolute Gasteiger partial charge is 0.156 e. The van der Waals surface area contributed by atoms with Gasteiger partial charge in [-0.2, -0.15) is 0 Å². The zero-order valence-corrected chi connectivity index (χ0v) is 8.29. The summed E-state index contributed by atoms with van der Waals surface area (Å²) in [6.07, 6.45) is 3.01. The first kappa shape index (κ1) is 12.8. The first-order chi connectivity index (χ1) is 5.93. The van der Waals surface area contributed by atoms with Gasteiger partial charge in [-0.25, -0.2) is 0 Å². The molecule has 0 bridgehead atoms. The Labute approximate surface area is 78.5 Å². The van der Waals surface area contributed by atoms with Crippen molar-refractivity contribution in [2.75, 3.05) is 13.3 Å². The van der Waals surface area contributed by atoms with Gasteiger partial charge in [0.05, 0.1) is 12.8 Å². The highest BCUT2D eigenvalue weighted by molar-refractivity contribution is 4.63. The van der Waals surface area contributed by atoms with Crippen LogP contribution in [0.5, 0.6) is 0 Å². The van der Waals surface area contributed by atoms with Crippen LogP contribution >= 0.6 is 0 Å². The lowest BCUT2D eigenvalue weighted by atomic mass is 10.2. The molecule has 2 N–H and O–H groups in total. The summed E-state index contributed by atoms with van der Waals surface area (Å²) in [6.45, 7) is 3.20. The van der Waals surface area contributed by atoms with Crippen LogP contribution in [0.3, 0.4) is 0 Å². The van der Waals surface area contributed by atoms with Gasteiger partial charge in [-0.05, 0) is 26.7 Å². The van der Waals surface area contributed by atoms with E-state index in [9.17, 15) is 4.39 Å². The molecular formula is C9H19FO3. The Hall–Kier alpha value is -0.190. The summed E-state index contributed by atoms with van der Waals surface area (Å²) >= 11 is 0. The molecule has 3 nitrogen and oxygen atoms in total. The molecule has 0 radical (unpaired) electrons. The Kier molecular flexibility index (Phi) is 6.20. The molecule has 0 aromatic carbocycles.